The fraction of sp³-hybridized carbons (Fsp3) is 0.909. The Labute approximate surface area is 91.8 Å². The summed E-state index contributed by atoms with van der Waals surface area (Å²) in [4.78, 5) is 13.7. The first-order valence-electron chi connectivity index (χ1n) is 5.74. The van der Waals surface area contributed by atoms with E-state index in [1.165, 1.54) is 0 Å². The normalized spacial score (nSPS) is 24.7. The van der Waals surface area contributed by atoms with Crippen LogP contribution in [0, 0.1) is 0 Å². The molecule has 2 unspecified atom stereocenters. The zero-order valence-corrected chi connectivity index (χ0v) is 9.74. The molecule has 2 atom stereocenters. The lowest BCUT2D eigenvalue weighted by Crippen LogP contribution is -2.36. The topological polar surface area (TPSA) is 55.6 Å². The van der Waals surface area contributed by atoms with Gasteiger partial charge in [0.2, 0.25) is 5.91 Å². The molecule has 0 radical (unpaired) electrons. The Morgan fingerprint density at radius 2 is 2.40 bits per heavy atom. The lowest BCUT2D eigenvalue weighted by atomic mass is 10.1. The lowest BCUT2D eigenvalue weighted by Gasteiger charge is -2.22. The summed E-state index contributed by atoms with van der Waals surface area (Å²) in [7, 11) is 0. The van der Waals surface area contributed by atoms with Crippen LogP contribution in [0.15, 0.2) is 0 Å². The van der Waals surface area contributed by atoms with Gasteiger partial charge in [-0.15, -0.1) is 0 Å². The summed E-state index contributed by atoms with van der Waals surface area (Å²) in [6.07, 6.45) is 2.43. The van der Waals surface area contributed by atoms with Crippen molar-refractivity contribution in [1.82, 2.24) is 4.90 Å². The van der Waals surface area contributed by atoms with Crippen LogP contribution in [-0.2, 0) is 9.53 Å². The number of ether oxygens (including phenoxy) is 1. The highest BCUT2D eigenvalue weighted by molar-refractivity contribution is 5.76. The number of hydrogen-bond donors (Lipinski definition) is 1. The van der Waals surface area contributed by atoms with Crippen molar-refractivity contribution in [3.8, 4) is 0 Å². The summed E-state index contributed by atoms with van der Waals surface area (Å²) in [5, 5.41) is 0. The first kappa shape index (κ1) is 12.5. The van der Waals surface area contributed by atoms with Gasteiger partial charge in [-0.2, -0.15) is 0 Å². The molecule has 0 aromatic rings. The van der Waals surface area contributed by atoms with Crippen molar-refractivity contribution in [2.75, 3.05) is 19.7 Å². The molecule has 0 aromatic heterocycles. The molecular formula is C11H22N2O2. The Hall–Kier alpha value is -0.610. The molecule has 2 N–H and O–H groups in total. The second-order valence-electron chi connectivity index (χ2n) is 4.39. The Balaban J connectivity index is 2.36. The third-order valence-corrected chi connectivity index (χ3v) is 2.62. The van der Waals surface area contributed by atoms with E-state index in [2.05, 4.69) is 0 Å². The van der Waals surface area contributed by atoms with Crippen molar-refractivity contribution in [2.24, 2.45) is 5.73 Å². The molecule has 88 valence electrons. The molecule has 0 spiro atoms. The predicted molar refractivity (Wildman–Crippen MR) is 59.5 cm³/mol. The van der Waals surface area contributed by atoms with Gasteiger partial charge < -0.3 is 15.4 Å². The lowest BCUT2D eigenvalue weighted by molar-refractivity contribution is -0.132. The first-order valence-corrected chi connectivity index (χ1v) is 5.74. The summed E-state index contributed by atoms with van der Waals surface area (Å²) in [5.41, 5.74) is 5.63. The highest BCUT2D eigenvalue weighted by Gasteiger charge is 2.19. The maximum Gasteiger partial charge on any atom is 0.222 e. The quantitative estimate of drug-likeness (QED) is 0.754. The minimum atomic E-state index is 0.106. The molecule has 4 heteroatoms. The number of carbonyl (C=O) groups excluding carboxylic acids is 1. The SMILES string of the molecule is CC(N)CCC(=O)N1CCCOC(C)C1. The molecule has 1 aliphatic rings. The second-order valence-corrected chi connectivity index (χ2v) is 4.39. The summed E-state index contributed by atoms with van der Waals surface area (Å²) >= 11 is 0. The highest BCUT2D eigenvalue weighted by atomic mass is 16.5. The minimum Gasteiger partial charge on any atom is -0.377 e. The van der Waals surface area contributed by atoms with Crippen LogP contribution < -0.4 is 5.73 Å². The average molecular weight is 214 g/mol. The van der Waals surface area contributed by atoms with Gasteiger partial charge in [0, 0.05) is 32.2 Å². The molecule has 1 saturated heterocycles. The molecule has 1 amide bonds. The van der Waals surface area contributed by atoms with Gasteiger partial charge in [-0.3, -0.25) is 4.79 Å². The van der Waals surface area contributed by atoms with Crippen LogP contribution >= 0.6 is 0 Å². The zero-order valence-electron chi connectivity index (χ0n) is 9.74. The van der Waals surface area contributed by atoms with Crippen molar-refractivity contribution in [1.29, 1.82) is 0 Å². The second kappa shape index (κ2) is 6.08. The van der Waals surface area contributed by atoms with Gasteiger partial charge in [-0.25, -0.2) is 0 Å². The van der Waals surface area contributed by atoms with Gasteiger partial charge in [0.1, 0.15) is 0 Å². The van der Waals surface area contributed by atoms with Crippen molar-refractivity contribution in [3.63, 3.8) is 0 Å². The number of rotatable bonds is 3. The molecule has 0 aliphatic carbocycles. The molecule has 15 heavy (non-hydrogen) atoms. The van der Waals surface area contributed by atoms with E-state index >= 15 is 0 Å². The van der Waals surface area contributed by atoms with Crippen LogP contribution in [0.25, 0.3) is 0 Å². The highest BCUT2D eigenvalue weighted by Crippen LogP contribution is 2.08. The standard InChI is InChI=1S/C11H22N2O2/c1-9(12)4-5-11(14)13-6-3-7-15-10(2)8-13/h9-10H,3-8,12H2,1-2H3. The largest absolute Gasteiger partial charge is 0.377 e. The Bertz CT molecular complexity index is 207. The average Bonchev–Trinajstić information content (AvgIpc) is 2.39. The molecule has 0 saturated carbocycles. The third kappa shape index (κ3) is 4.62. The number of carbonyl (C=O) groups is 1. The molecule has 4 nitrogen and oxygen atoms in total. The van der Waals surface area contributed by atoms with Gasteiger partial charge in [-0.1, -0.05) is 0 Å². The van der Waals surface area contributed by atoms with Gasteiger partial charge in [-0.05, 0) is 26.7 Å². The molecular weight excluding hydrogens is 192 g/mol. The first-order chi connectivity index (χ1) is 7.09. The molecule has 1 heterocycles. The maximum absolute atomic E-state index is 11.8. The predicted octanol–water partition coefficient (Wildman–Crippen LogP) is 0.751. The number of amides is 1. The molecule has 0 bridgehead atoms. The molecule has 1 rings (SSSR count). The van der Waals surface area contributed by atoms with E-state index in [9.17, 15) is 4.79 Å². The van der Waals surface area contributed by atoms with Crippen molar-refractivity contribution < 1.29 is 9.53 Å². The number of nitrogens with two attached hydrogens (primary N) is 1. The fourth-order valence-corrected chi connectivity index (χ4v) is 1.73. The molecule has 0 aromatic carbocycles. The van der Waals surface area contributed by atoms with E-state index in [-0.39, 0.29) is 18.1 Å². The van der Waals surface area contributed by atoms with Crippen LogP contribution in [0.1, 0.15) is 33.1 Å². The Morgan fingerprint density at radius 1 is 1.67 bits per heavy atom. The van der Waals surface area contributed by atoms with Crippen LogP contribution in [0.4, 0.5) is 0 Å². The summed E-state index contributed by atoms with van der Waals surface area (Å²) < 4.78 is 5.49. The van der Waals surface area contributed by atoms with Crippen LogP contribution in [0.3, 0.4) is 0 Å². The van der Waals surface area contributed by atoms with Gasteiger partial charge >= 0.3 is 0 Å². The summed E-state index contributed by atoms with van der Waals surface area (Å²) in [6, 6.07) is 0.106. The Morgan fingerprint density at radius 3 is 3.07 bits per heavy atom. The number of hydrogen-bond acceptors (Lipinski definition) is 3. The smallest absolute Gasteiger partial charge is 0.222 e. The van der Waals surface area contributed by atoms with Gasteiger partial charge in [0.15, 0.2) is 0 Å². The van der Waals surface area contributed by atoms with Gasteiger partial charge in [0.25, 0.3) is 0 Å². The van der Waals surface area contributed by atoms with Crippen molar-refractivity contribution in [2.45, 2.75) is 45.3 Å². The van der Waals surface area contributed by atoms with E-state index in [1.807, 2.05) is 18.7 Å². The Kier molecular flexibility index (Phi) is 5.05. The molecule has 1 fully saturated rings. The van der Waals surface area contributed by atoms with E-state index < -0.39 is 0 Å². The number of nitrogens with zero attached hydrogens (tertiary/aromatic N) is 1. The van der Waals surface area contributed by atoms with E-state index in [1.54, 1.807) is 0 Å². The van der Waals surface area contributed by atoms with Crippen LogP contribution in [0.2, 0.25) is 0 Å². The van der Waals surface area contributed by atoms with Gasteiger partial charge in [0.05, 0.1) is 6.10 Å². The van der Waals surface area contributed by atoms with E-state index in [0.717, 1.165) is 32.5 Å². The third-order valence-electron chi connectivity index (χ3n) is 2.62. The van der Waals surface area contributed by atoms with Crippen LogP contribution in [0.5, 0.6) is 0 Å². The van der Waals surface area contributed by atoms with E-state index in [0.29, 0.717) is 6.42 Å². The van der Waals surface area contributed by atoms with Crippen molar-refractivity contribution >= 4 is 5.91 Å². The van der Waals surface area contributed by atoms with Crippen molar-refractivity contribution in [3.05, 3.63) is 0 Å². The fourth-order valence-electron chi connectivity index (χ4n) is 1.73. The minimum absolute atomic E-state index is 0.106. The monoisotopic (exact) mass is 214 g/mol. The maximum atomic E-state index is 11.8. The van der Waals surface area contributed by atoms with Crippen LogP contribution in [-0.4, -0.2) is 42.6 Å². The zero-order chi connectivity index (χ0) is 11.3. The van der Waals surface area contributed by atoms with E-state index in [4.69, 9.17) is 10.5 Å². The molecule has 1 aliphatic heterocycles. The summed E-state index contributed by atoms with van der Waals surface area (Å²) in [5.74, 6) is 0.213. The summed E-state index contributed by atoms with van der Waals surface area (Å²) in [6.45, 7) is 6.25.